The molecule has 0 atom stereocenters. The Kier molecular flexibility index (Phi) is 3.76. The van der Waals surface area contributed by atoms with Crippen LogP contribution in [0.15, 0.2) is 53.0 Å². The second kappa shape index (κ2) is 5.10. The van der Waals surface area contributed by atoms with Gasteiger partial charge in [-0.15, -0.1) is 0 Å². The van der Waals surface area contributed by atoms with Crippen molar-refractivity contribution in [1.82, 2.24) is 0 Å². The standard InChI is InChI=1S/C13H8BrIO/c14-11-5-1-3-9(7-11)13(16)10-4-2-6-12(15)8-10/h1-8H. The predicted octanol–water partition coefficient (Wildman–Crippen LogP) is 4.28. The van der Waals surface area contributed by atoms with Crippen molar-refractivity contribution in [3.05, 3.63) is 67.7 Å². The van der Waals surface area contributed by atoms with Crippen LogP contribution in [0.5, 0.6) is 0 Å². The first-order valence-corrected chi connectivity index (χ1v) is 6.60. The smallest absolute Gasteiger partial charge is 0.193 e. The minimum atomic E-state index is 0.0554. The van der Waals surface area contributed by atoms with Crippen molar-refractivity contribution in [2.24, 2.45) is 0 Å². The molecule has 0 radical (unpaired) electrons. The van der Waals surface area contributed by atoms with E-state index >= 15 is 0 Å². The summed E-state index contributed by atoms with van der Waals surface area (Å²) >= 11 is 5.57. The maximum Gasteiger partial charge on any atom is 0.193 e. The van der Waals surface area contributed by atoms with E-state index in [1.165, 1.54) is 0 Å². The topological polar surface area (TPSA) is 17.1 Å². The van der Waals surface area contributed by atoms with E-state index in [1.807, 2.05) is 48.5 Å². The summed E-state index contributed by atoms with van der Waals surface area (Å²) in [6, 6.07) is 15.0. The highest BCUT2D eigenvalue weighted by Crippen LogP contribution is 2.16. The summed E-state index contributed by atoms with van der Waals surface area (Å²) in [6.45, 7) is 0. The highest BCUT2D eigenvalue weighted by Gasteiger charge is 2.08. The molecule has 0 aliphatic rings. The van der Waals surface area contributed by atoms with Gasteiger partial charge in [0.05, 0.1) is 0 Å². The lowest BCUT2D eigenvalue weighted by atomic mass is 10.0. The molecule has 80 valence electrons. The summed E-state index contributed by atoms with van der Waals surface area (Å²) < 4.78 is 1.99. The molecule has 16 heavy (non-hydrogen) atoms. The Balaban J connectivity index is 2.39. The molecule has 0 unspecified atom stereocenters. The molecule has 2 aromatic rings. The number of ketones is 1. The van der Waals surface area contributed by atoms with Gasteiger partial charge in [-0.05, 0) is 46.9 Å². The van der Waals surface area contributed by atoms with Crippen LogP contribution in [-0.4, -0.2) is 5.78 Å². The summed E-state index contributed by atoms with van der Waals surface area (Å²) in [5.74, 6) is 0.0554. The Bertz CT molecular complexity index is 489. The van der Waals surface area contributed by atoms with Gasteiger partial charge in [0, 0.05) is 19.2 Å². The molecule has 1 nitrogen and oxygen atoms in total. The third-order valence-electron chi connectivity index (χ3n) is 2.17. The summed E-state index contributed by atoms with van der Waals surface area (Å²) in [6.07, 6.45) is 0. The fraction of sp³-hybridized carbons (Fsp3) is 0. The number of rotatable bonds is 2. The Hall–Kier alpha value is -0.680. The Labute approximate surface area is 116 Å². The molecule has 0 bridgehead atoms. The number of hydrogen-bond acceptors (Lipinski definition) is 1. The zero-order valence-corrected chi connectivity index (χ0v) is 12.0. The summed E-state index contributed by atoms with van der Waals surface area (Å²) in [5, 5.41) is 0. The molecule has 0 aromatic heterocycles. The Morgan fingerprint density at radius 3 is 2.25 bits per heavy atom. The molecule has 3 heteroatoms. The van der Waals surface area contributed by atoms with E-state index in [1.54, 1.807) is 0 Å². The van der Waals surface area contributed by atoms with E-state index in [0.717, 1.165) is 13.6 Å². The van der Waals surface area contributed by atoms with Gasteiger partial charge >= 0.3 is 0 Å². The first-order chi connectivity index (χ1) is 7.66. The molecule has 0 aliphatic carbocycles. The summed E-state index contributed by atoms with van der Waals surface area (Å²) in [7, 11) is 0. The van der Waals surface area contributed by atoms with Crippen molar-refractivity contribution in [2.75, 3.05) is 0 Å². The van der Waals surface area contributed by atoms with Gasteiger partial charge in [-0.1, -0.05) is 40.2 Å². The van der Waals surface area contributed by atoms with Crippen LogP contribution in [-0.2, 0) is 0 Å². The molecule has 0 saturated heterocycles. The van der Waals surface area contributed by atoms with Gasteiger partial charge < -0.3 is 0 Å². The number of carbonyl (C=O) groups is 1. The quantitative estimate of drug-likeness (QED) is 0.556. The maximum atomic E-state index is 12.1. The molecule has 0 fully saturated rings. The Morgan fingerprint density at radius 1 is 1.00 bits per heavy atom. The van der Waals surface area contributed by atoms with Gasteiger partial charge in [-0.2, -0.15) is 0 Å². The lowest BCUT2D eigenvalue weighted by Gasteiger charge is -2.02. The highest BCUT2D eigenvalue weighted by atomic mass is 127. The first kappa shape index (κ1) is 11.8. The fourth-order valence-corrected chi connectivity index (χ4v) is 2.37. The van der Waals surface area contributed by atoms with E-state index in [9.17, 15) is 4.79 Å². The lowest BCUT2D eigenvalue weighted by Crippen LogP contribution is -2.01. The van der Waals surface area contributed by atoms with Crippen molar-refractivity contribution in [3.8, 4) is 0 Å². The van der Waals surface area contributed by atoms with E-state index in [0.29, 0.717) is 5.56 Å². The number of carbonyl (C=O) groups excluding carboxylic acids is 1. The highest BCUT2D eigenvalue weighted by molar-refractivity contribution is 14.1. The van der Waals surface area contributed by atoms with E-state index in [-0.39, 0.29) is 5.78 Å². The molecule has 0 aliphatic heterocycles. The van der Waals surface area contributed by atoms with Crippen LogP contribution < -0.4 is 0 Å². The van der Waals surface area contributed by atoms with E-state index in [4.69, 9.17) is 0 Å². The average Bonchev–Trinajstić information content (AvgIpc) is 2.28. The van der Waals surface area contributed by atoms with Crippen LogP contribution >= 0.6 is 38.5 Å². The lowest BCUT2D eigenvalue weighted by molar-refractivity contribution is 0.103. The average molecular weight is 387 g/mol. The number of benzene rings is 2. The van der Waals surface area contributed by atoms with Crippen LogP contribution in [0.4, 0.5) is 0 Å². The van der Waals surface area contributed by atoms with Gasteiger partial charge in [0.1, 0.15) is 0 Å². The largest absolute Gasteiger partial charge is 0.289 e. The van der Waals surface area contributed by atoms with Crippen LogP contribution in [0, 0.1) is 3.57 Å². The van der Waals surface area contributed by atoms with Crippen molar-refractivity contribution >= 4 is 44.3 Å². The minimum Gasteiger partial charge on any atom is -0.289 e. The summed E-state index contributed by atoms with van der Waals surface area (Å²) in [4.78, 5) is 12.1. The zero-order valence-electron chi connectivity index (χ0n) is 8.28. The van der Waals surface area contributed by atoms with Crippen molar-refractivity contribution in [2.45, 2.75) is 0 Å². The third-order valence-corrected chi connectivity index (χ3v) is 3.34. The molecular formula is C13H8BrIO. The second-order valence-corrected chi connectivity index (χ2v) is 5.51. The molecule has 2 aromatic carbocycles. The molecule has 0 N–H and O–H groups in total. The second-order valence-electron chi connectivity index (χ2n) is 3.35. The Morgan fingerprint density at radius 2 is 1.62 bits per heavy atom. The third kappa shape index (κ3) is 2.71. The molecular weight excluding hydrogens is 379 g/mol. The van der Waals surface area contributed by atoms with Crippen molar-refractivity contribution in [3.63, 3.8) is 0 Å². The normalized spacial score (nSPS) is 10.1. The number of hydrogen-bond donors (Lipinski definition) is 0. The van der Waals surface area contributed by atoms with Crippen molar-refractivity contribution < 1.29 is 4.79 Å². The van der Waals surface area contributed by atoms with Gasteiger partial charge in [0.15, 0.2) is 5.78 Å². The maximum absolute atomic E-state index is 12.1. The SMILES string of the molecule is O=C(c1cccc(Br)c1)c1cccc(I)c1. The van der Waals surface area contributed by atoms with Crippen LogP contribution in [0.1, 0.15) is 15.9 Å². The fourth-order valence-electron chi connectivity index (χ4n) is 1.43. The van der Waals surface area contributed by atoms with E-state index < -0.39 is 0 Å². The van der Waals surface area contributed by atoms with Crippen LogP contribution in [0.2, 0.25) is 0 Å². The first-order valence-electron chi connectivity index (χ1n) is 4.72. The van der Waals surface area contributed by atoms with Crippen molar-refractivity contribution in [1.29, 1.82) is 0 Å². The zero-order chi connectivity index (χ0) is 11.5. The van der Waals surface area contributed by atoms with Gasteiger partial charge in [0.25, 0.3) is 0 Å². The van der Waals surface area contributed by atoms with E-state index in [2.05, 4.69) is 38.5 Å². The van der Waals surface area contributed by atoms with Gasteiger partial charge in [-0.3, -0.25) is 4.79 Å². The van der Waals surface area contributed by atoms with Crippen LogP contribution in [0.25, 0.3) is 0 Å². The molecule has 0 amide bonds. The van der Waals surface area contributed by atoms with Crippen LogP contribution in [0.3, 0.4) is 0 Å². The van der Waals surface area contributed by atoms with Gasteiger partial charge in [0.2, 0.25) is 0 Å². The minimum absolute atomic E-state index is 0.0554. The molecule has 2 rings (SSSR count). The number of halogens is 2. The summed E-state index contributed by atoms with van der Waals surface area (Å²) in [5.41, 5.74) is 1.43. The van der Waals surface area contributed by atoms with Gasteiger partial charge in [-0.25, -0.2) is 0 Å². The predicted molar refractivity (Wildman–Crippen MR) is 76.7 cm³/mol. The molecule has 0 saturated carbocycles. The molecule has 0 spiro atoms. The molecule has 0 heterocycles. The monoisotopic (exact) mass is 386 g/mol.